The molecule has 7 heteroatoms. The fourth-order valence-corrected chi connectivity index (χ4v) is 2.74. The average Bonchev–Trinajstić information content (AvgIpc) is 3.05. The molecule has 3 N–H and O–H groups in total. The minimum Gasteiger partial charge on any atom is -0.508 e. The molecule has 1 amide bonds. The van der Waals surface area contributed by atoms with Crippen LogP contribution in [-0.2, 0) is 0 Å². The molecule has 0 spiro atoms. The van der Waals surface area contributed by atoms with E-state index in [0.717, 1.165) is 11.3 Å². The first-order valence-electron chi connectivity index (χ1n) is 7.94. The van der Waals surface area contributed by atoms with Crippen LogP contribution in [0.15, 0.2) is 54.9 Å². The molecule has 0 aliphatic heterocycles. The molecule has 128 valence electrons. The lowest BCUT2D eigenvalue weighted by atomic mass is 10.2. The van der Waals surface area contributed by atoms with Gasteiger partial charge in [0.05, 0.1) is 0 Å². The molecule has 7 nitrogen and oxygen atoms in total. The van der Waals surface area contributed by atoms with Crippen molar-refractivity contribution >= 4 is 17.1 Å². The topological polar surface area (TPSA) is 107 Å². The highest BCUT2D eigenvalue weighted by Crippen LogP contribution is 2.25. The second kappa shape index (κ2) is 5.96. The number of amides is 1. The molecule has 26 heavy (non-hydrogen) atoms. The first-order chi connectivity index (χ1) is 12.5. The van der Waals surface area contributed by atoms with Crippen molar-refractivity contribution in [3.05, 3.63) is 66.1 Å². The third-order valence-corrected chi connectivity index (χ3v) is 4.05. The lowest BCUT2D eigenvalue weighted by Crippen LogP contribution is -2.15. The van der Waals surface area contributed by atoms with Crippen molar-refractivity contribution in [2.45, 2.75) is 6.92 Å². The molecule has 0 atom stereocenters. The quantitative estimate of drug-likeness (QED) is 0.593. The van der Waals surface area contributed by atoms with E-state index in [4.69, 9.17) is 5.73 Å². The van der Waals surface area contributed by atoms with E-state index in [-0.39, 0.29) is 17.3 Å². The molecule has 0 saturated heterocycles. The standard InChI is InChI=1S/C19H15N5O2/c1-11-5-7-13(8-6-11)24-10-21-16-15(17(20)26)22-18(23-19(16)24)12-3-2-4-14(25)9-12/h2-10,25H,1H3,(H2,20,26). The number of imidazole rings is 1. The van der Waals surface area contributed by atoms with Gasteiger partial charge < -0.3 is 10.8 Å². The number of rotatable bonds is 3. The summed E-state index contributed by atoms with van der Waals surface area (Å²) >= 11 is 0. The number of phenolic OH excluding ortho intramolecular Hbond substituents is 1. The molecule has 0 bridgehead atoms. The number of aryl methyl sites for hydroxylation is 1. The number of hydrogen-bond donors (Lipinski definition) is 2. The Morgan fingerprint density at radius 1 is 1.12 bits per heavy atom. The van der Waals surface area contributed by atoms with Gasteiger partial charge in [0.2, 0.25) is 0 Å². The van der Waals surface area contributed by atoms with Crippen LogP contribution in [0.4, 0.5) is 0 Å². The predicted octanol–water partition coefficient (Wildman–Crippen LogP) is 2.60. The Labute approximate surface area is 148 Å². The molecule has 2 aromatic heterocycles. The predicted molar refractivity (Wildman–Crippen MR) is 97.0 cm³/mol. The second-order valence-corrected chi connectivity index (χ2v) is 5.93. The molecule has 0 aliphatic rings. The van der Waals surface area contributed by atoms with E-state index < -0.39 is 5.91 Å². The second-order valence-electron chi connectivity index (χ2n) is 5.93. The molecule has 0 aliphatic carbocycles. The first kappa shape index (κ1) is 15.8. The molecule has 4 rings (SSSR count). The van der Waals surface area contributed by atoms with Crippen molar-refractivity contribution < 1.29 is 9.90 Å². The number of phenols is 1. The Hall–Kier alpha value is -3.74. The fraction of sp³-hybridized carbons (Fsp3) is 0.0526. The minimum absolute atomic E-state index is 0.0409. The highest BCUT2D eigenvalue weighted by Gasteiger charge is 2.18. The van der Waals surface area contributed by atoms with E-state index in [1.165, 1.54) is 6.07 Å². The van der Waals surface area contributed by atoms with Gasteiger partial charge in [0, 0.05) is 11.3 Å². The summed E-state index contributed by atoms with van der Waals surface area (Å²) in [6.45, 7) is 2.00. The molecule has 0 fully saturated rings. The summed E-state index contributed by atoms with van der Waals surface area (Å²) in [6.07, 6.45) is 1.59. The van der Waals surface area contributed by atoms with Gasteiger partial charge in [-0.3, -0.25) is 9.36 Å². The Kier molecular flexibility index (Phi) is 3.62. The summed E-state index contributed by atoms with van der Waals surface area (Å²) in [6, 6.07) is 14.3. The van der Waals surface area contributed by atoms with E-state index in [1.807, 2.05) is 31.2 Å². The van der Waals surface area contributed by atoms with E-state index in [9.17, 15) is 9.90 Å². The van der Waals surface area contributed by atoms with Crippen LogP contribution in [0.25, 0.3) is 28.2 Å². The Morgan fingerprint density at radius 3 is 2.58 bits per heavy atom. The zero-order valence-electron chi connectivity index (χ0n) is 13.9. The van der Waals surface area contributed by atoms with Gasteiger partial charge in [-0.1, -0.05) is 29.8 Å². The van der Waals surface area contributed by atoms with E-state index in [0.29, 0.717) is 16.7 Å². The summed E-state index contributed by atoms with van der Waals surface area (Å²) in [5.41, 5.74) is 8.90. The van der Waals surface area contributed by atoms with Gasteiger partial charge in [0.1, 0.15) is 17.6 Å². The number of nitrogens with zero attached hydrogens (tertiary/aromatic N) is 4. The van der Waals surface area contributed by atoms with Gasteiger partial charge in [-0.15, -0.1) is 0 Å². The first-order valence-corrected chi connectivity index (χ1v) is 7.94. The molecule has 0 unspecified atom stereocenters. The summed E-state index contributed by atoms with van der Waals surface area (Å²) in [4.78, 5) is 25.0. The maximum Gasteiger partial charge on any atom is 0.269 e. The maximum atomic E-state index is 11.9. The van der Waals surface area contributed by atoms with E-state index in [2.05, 4.69) is 15.0 Å². The molecule has 4 aromatic rings. The van der Waals surface area contributed by atoms with E-state index >= 15 is 0 Å². The zero-order valence-corrected chi connectivity index (χ0v) is 13.9. The molecule has 0 radical (unpaired) electrons. The summed E-state index contributed by atoms with van der Waals surface area (Å²) in [7, 11) is 0. The number of primary amides is 1. The molecule has 2 heterocycles. The van der Waals surface area contributed by atoms with Gasteiger partial charge in [-0.05, 0) is 31.2 Å². The number of carbonyl (C=O) groups is 1. The molecule has 0 saturated carbocycles. The van der Waals surface area contributed by atoms with Gasteiger partial charge >= 0.3 is 0 Å². The van der Waals surface area contributed by atoms with Crippen molar-refractivity contribution in [1.29, 1.82) is 0 Å². The van der Waals surface area contributed by atoms with Crippen molar-refractivity contribution in [1.82, 2.24) is 19.5 Å². The van der Waals surface area contributed by atoms with Crippen LogP contribution in [-0.4, -0.2) is 30.5 Å². The van der Waals surface area contributed by atoms with Gasteiger partial charge in [-0.2, -0.15) is 0 Å². The van der Waals surface area contributed by atoms with E-state index in [1.54, 1.807) is 29.1 Å². The van der Waals surface area contributed by atoms with Crippen molar-refractivity contribution in [2.24, 2.45) is 5.73 Å². The zero-order chi connectivity index (χ0) is 18.3. The van der Waals surface area contributed by atoms with Crippen LogP contribution < -0.4 is 5.73 Å². The fourth-order valence-electron chi connectivity index (χ4n) is 2.74. The van der Waals surface area contributed by atoms with Crippen molar-refractivity contribution in [2.75, 3.05) is 0 Å². The van der Waals surface area contributed by atoms with Crippen LogP contribution in [0.5, 0.6) is 5.75 Å². The normalized spacial score (nSPS) is 11.0. The number of aromatic nitrogens is 4. The highest BCUT2D eigenvalue weighted by molar-refractivity contribution is 6.02. The number of benzene rings is 2. The van der Waals surface area contributed by atoms with Gasteiger partial charge in [0.15, 0.2) is 17.2 Å². The third-order valence-electron chi connectivity index (χ3n) is 4.05. The Balaban J connectivity index is 1.99. The largest absolute Gasteiger partial charge is 0.508 e. The lowest BCUT2D eigenvalue weighted by molar-refractivity contribution is 0.0997. The summed E-state index contributed by atoms with van der Waals surface area (Å²) in [5, 5.41) is 9.72. The van der Waals surface area contributed by atoms with Crippen LogP contribution in [0.1, 0.15) is 16.1 Å². The SMILES string of the molecule is Cc1ccc(-n2cnc3c(C(N)=O)nc(-c4cccc(O)c4)nc32)cc1. The number of carbonyl (C=O) groups excluding carboxylic acids is 1. The van der Waals surface area contributed by atoms with Gasteiger partial charge in [-0.25, -0.2) is 15.0 Å². The smallest absolute Gasteiger partial charge is 0.269 e. The number of hydrogen-bond acceptors (Lipinski definition) is 5. The molecule has 2 aromatic carbocycles. The monoisotopic (exact) mass is 345 g/mol. The van der Waals surface area contributed by atoms with Crippen LogP contribution in [0, 0.1) is 6.92 Å². The Morgan fingerprint density at radius 2 is 1.88 bits per heavy atom. The van der Waals surface area contributed by atoms with Crippen LogP contribution in [0.2, 0.25) is 0 Å². The maximum absolute atomic E-state index is 11.9. The average molecular weight is 345 g/mol. The Bertz CT molecular complexity index is 1130. The van der Waals surface area contributed by atoms with Crippen molar-refractivity contribution in [3.63, 3.8) is 0 Å². The summed E-state index contributed by atoms with van der Waals surface area (Å²) in [5.74, 6) is -0.317. The highest BCUT2D eigenvalue weighted by atomic mass is 16.3. The van der Waals surface area contributed by atoms with Crippen LogP contribution in [0.3, 0.4) is 0 Å². The van der Waals surface area contributed by atoms with Crippen molar-refractivity contribution in [3.8, 4) is 22.8 Å². The molecular weight excluding hydrogens is 330 g/mol. The summed E-state index contributed by atoms with van der Waals surface area (Å²) < 4.78 is 1.77. The number of fused-ring (bicyclic) bond motifs is 1. The lowest BCUT2D eigenvalue weighted by Gasteiger charge is -2.07. The number of aromatic hydroxyl groups is 1. The molecular formula is C19H15N5O2. The third kappa shape index (κ3) is 2.65. The number of nitrogens with two attached hydrogens (primary N) is 1. The minimum atomic E-state index is -0.687. The van der Waals surface area contributed by atoms with Crippen LogP contribution >= 0.6 is 0 Å². The van der Waals surface area contributed by atoms with Gasteiger partial charge in [0.25, 0.3) is 5.91 Å².